The number of alkyl halides is 3. The van der Waals surface area contributed by atoms with Crippen LogP contribution in [0.2, 0.25) is 0 Å². The van der Waals surface area contributed by atoms with Crippen molar-refractivity contribution in [3.8, 4) is 22.3 Å². The average Bonchev–Trinajstić information content (AvgIpc) is 2.61. The van der Waals surface area contributed by atoms with Crippen LogP contribution in [-0.2, 0) is 6.18 Å². The Hall–Kier alpha value is -2.38. The second-order valence-corrected chi connectivity index (χ2v) is 7.43. The van der Waals surface area contributed by atoms with Crippen molar-refractivity contribution in [2.24, 2.45) is 0 Å². The molecule has 0 bridgehead atoms. The van der Waals surface area contributed by atoms with Crippen molar-refractivity contribution in [2.75, 3.05) is 0 Å². The molecule has 0 radical (unpaired) electrons. The van der Waals surface area contributed by atoms with Crippen LogP contribution in [0.25, 0.3) is 22.3 Å². The number of hydrogen-bond donors (Lipinski definition) is 0. The summed E-state index contributed by atoms with van der Waals surface area (Å²) in [5.41, 5.74) is 6.68. The van der Waals surface area contributed by atoms with Gasteiger partial charge in [0.1, 0.15) is 0 Å². The fourth-order valence-electron chi connectivity index (χ4n) is 3.69. The molecular weight excluding hydrogens is 364 g/mol. The van der Waals surface area contributed by atoms with E-state index in [0.717, 1.165) is 64.6 Å². The molecule has 3 aromatic rings. The summed E-state index contributed by atoms with van der Waals surface area (Å²) in [4.78, 5) is 0. The largest absolute Gasteiger partial charge is 0.416 e. The predicted octanol–water partition coefficient (Wildman–Crippen LogP) is 6.97. The van der Waals surface area contributed by atoms with E-state index in [2.05, 4.69) is 31.4 Å². The summed E-state index contributed by atoms with van der Waals surface area (Å²) in [5.74, 6) is 0. The van der Waals surface area contributed by atoms with Gasteiger partial charge in [0.15, 0.2) is 0 Å². The van der Waals surface area contributed by atoms with Gasteiger partial charge >= 0.3 is 6.18 Å². The molecule has 3 aromatic carbocycles. The van der Waals surface area contributed by atoms with Crippen LogP contribution < -0.4 is 5.30 Å². The Morgan fingerprint density at radius 2 is 1.41 bits per heavy atom. The maximum absolute atomic E-state index is 12.9. The van der Waals surface area contributed by atoms with Crippen molar-refractivity contribution in [1.29, 1.82) is 0 Å². The lowest BCUT2D eigenvalue weighted by Crippen LogP contribution is -2.05. The minimum absolute atomic E-state index is 0.630. The maximum atomic E-state index is 12.9. The van der Waals surface area contributed by atoms with Crippen LogP contribution in [-0.4, -0.2) is 6.30 Å². The summed E-state index contributed by atoms with van der Waals surface area (Å²) in [6.45, 7) is 6.12. The van der Waals surface area contributed by atoms with E-state index >= 15 is 0 Å². The van der Waals surface area contributed by atoms with Crippen molar-refractivity contribution >= 4 is 19.8 Å². The van der Waals surface area contributed by atoms with Gasteiger partial charge in [0.2, 0.25) is 0 Å². The molecular formula is C23H20F3P. The highest BCUT2D eigenvalue weighted by Crippen LogP contribution is 2.38. The molecule has 138 valence electrons. The quantitative estimate of drug-likeness (QED) is 0.428. The van der Waals surface area contributed by atoms with Crippen LogP contribution in [0, 0.1) is 20.8 Å². The van der Waals surface area contributed by atoms with E-state index in [9.17, 15) is 13.2 Å². The second kappa shape index (κ2) is 7.32. The molecule has 0 saturated carbocycles. The molecule has 0 aliphatic heterocycles. The molecule has 0 amide bonds. The molecule has 0 unspecified atom stereocenters. The maximum Gasteiger partial charge on any atom is 0.416 e. The fraction of sp³-hybridized carbons (Fsp3) is 0.174. The van der Waals surface area contributed by atoms with E-state index < -0.39 is 11.7 Å². The van der Waals surface area contributed by atoms with Crippen molar-refractivity contribution in [2.45, 2.75) is 26.9 Å². The Morgan fingerprint density at radius 3 is 2.00 bits per heavy atom. The molecule has 0 atom stereocenters. The zero-order chi connectivity index (χ0) is 19.8. The number of hydrogen-bond acceptors (Lipinski definition) is 0. The summed E-state index contributed by atoms with van der Waals surface area (Å²) in [6, 6.07) is 15.6. The molecule has 0 heterocycles. The van der Waals surface area contributed by atoms with Crippen LogP contribution >= 0.6 is 8.20 Å². The van der Waals surface area contributed by atoms with Gasteiger partial charge in [0, 0.05) is 5.30 Å². The molecule has 0 aliphatic rings. The average molecular weight is 384 g/mol. The van der Waals surface area contributed by atoms with E-state index in [1.165, 1.54) is 0 Å². The Morgan fingerprint density at radius 1 is 0.815 bits per heavy atom. The zero-order valence-corrected chi connectivity index (χ0v) is 16.4. The van der Waals surface area contributed by atoms with Crippen LogP contribution in [0.3, 0.4) is 0 Å². The summed E-state index contributed by atoms with van der Waals surface area (Å²) in [7, 11) is 0.934. The standard InChI is InChI=1S/C23H20F3P/c1-14-13-15(2)22(19-7-5-6-8-20(19)27-4)16(3)21(14)17-9-11-18(12-10-17)23(24,25)26/h5-13H,4H2,1-3H3. The van der Waals surface area contributed by atoms with Crippen molar-refractivity contribution in [1.82, 2.24) is 0 Å². The lowest BCUT2D eigenvalue weighted by atomic mass is 9.86. The van der Waals surface area contributed by atoms with Crippen molar-refractivity contribution in [3.05, 3.63) is 76.9 Å². The molecule has 0 fully saturated rings. The number of halogens is 3. The lowest BCUT2D eigenvalue weighted by Gasteiger charge is -2.19. The highest BCUT2D eigenvalue weighted by atomic mass is 31.1. The first-order chi connectivity index (χ1) is 12.7. The number of benzene rings is 3. The van der Waals surface area contributed by atoms with Gasteiger partial charge in [-0.15, -0.1) is 0 Å². The summed E-state index contributed by atoms with van der Waals surface area (Å²) < 4.78 is 38.7. The smallest absolute Gasteiger partial charge is 0.166 e. The number of rotatable bonds is 3. The summed E-state index contributed by atoms with van der Waals surface area (Å²) in [6.07, 6.45) is -0.328. The topological polar surface area (TPSA) is 0 Å². The minimum Gasteiger partial charge on any atom is -0.166 e. The van der Waals surface area contributed by atoms with Gasteiger partial charge < -0.3 is 0 Å². The fourth-order valence-corrected chi connectivity index (χ4v) is 4.24. The third kappa shape index (κ3) is 3.70. The Balaban J connectivity index is 2.22. The molecule has 0 saturated heterocycles. The highest BCUT2D eigenvalue weighted by Gasteiger charge is 2.30. The van der Waals surface area contributed by atoms with E-state index in [0.29, 0.717) is 0 Å². The molecule has 0 aliphatic carbocycles. The second-order valence-electron chi connectivity index (χ2n) is 6.64. The summed E-state index contributed by atoms with van der Waals surface area (Å²) in [5, 5.41) is 1.13. The molecule has 4 heteroatoms. The lowest BCUT2D eigenvalue weighted by molar-refractivity contribution is -0.137. The third-order valence-corrected chi connectivity index (χ3v) is 5.55. The Labute approximate surface area is 159 Å². The van der Waals surface area contributed by atoms with Gasteiger partial charge in [-0.1, -0.05) is 50.9 Å². The van der Waals surface area contributed by atoms with Gasteiger partial charge in [-0.25, -0.2) is 0 Å². The Kier molecular flexibility index (Phi) is 5.26. The first kappa shape index (κ1) is 19.4. The molecule has 0 N–H and O–H groups in total. The van der Waals surface area contributed by atoms with Crippen molar-refractivity contribution in [3.63, 3.8) is 0 Å². The van der Waals surface area contributed by atoms with Gasteiger partial charge in [-0.05, 0) is 77.9 Å². The number of aryl methyl sites for hydroxylation is 2. The van der Waals surface area contributed by atoms with E-state index in [1.54, 1.807) is 12.1 Å². The Bertz CT molecular complexity index is 999. The molecule has 27 heavy (non-hydrogen) atoms. The first-order valence-corrected chi connectivity index (χ1v) is 9.66. The van der Waals surface area contributed by atoms with Crippen LogP contribution in [0.5, 0.6) is 0 Å². The zero-order valence-electron chi connectivity index (χ0n) is 15.5. The minimum atomic E-state index is -4.33. The third-order valence-electron chi connectivity index (χ3n) is 4.82. The molecule has 3 rings (SSSR count). The van der Waals surface area contributed by atoms with Crippen LogP contribution in [0.15, 0.2) is 54.6 Å². The van der Waals surface area contributed by atoms with E-state index in [-0.39, 0.29) is 0 Å². The normalized spacial score (nSPS) is 11.8. The highest BCUT2D eigenvalue weighted by molar-refractivity contribution is 7.46. The van der Waals surface area contributed by atoms with E-state index in [1.807, 2.05) is 26.0 Å². The molecule has 0 nitrogen and oxygen atoms in total. The van der Waals surface area contributed by atoms with Gasteiger partial charge in [-0.3, -0.25) is 0 Å². The van der Waals surface area contributed by atoms with E-state index in [4.69, 9.17) is 0 Å². The van der Waals surface area contributed by atoms with Gasteiger partial charge in [0.05, 0.1) is 5.56 Å². The van der Waals surface area contributed by atoms with Gasteiger partial charge in [0.25, 0.3) is 0 Å². The van der Waals surface area contributed by atoms with Gasteiger partial charge in [-0.2, -0.15) is 13.2 Å². The monoisotopic (exact) mass is 384 g/mol. The van der Waals surface area contributed by atoms with Crippen LogP contribution in [0.1, 0.15) is 22.3 Å². The molecule has 0 spiro atoms. The first-order valence-electron chi connectivity index (χ1n) is 8.58. The SMILES string of the molecule is C=Pc1ccccc1-c1c(C)cc(C)c(-c2ccc(C(F)(F)F)cc2)c1C. The molecule has 0 aromatic heterocycles. The van der Waals surface area contributed by atoms with Crippen LogP contribution in [0.4, 0.5) is 13.2 Å². The van der Waals surface area contributed by atoms with Crippen molar-refractivity contribution < 1.29 is 13.2 Å². The predicted molar refractivity (Wildman–Crippen MR) is 110 cm³/mol. The summed E-state index contributed by atoms with van der Waals surface area (Å²) >= 11 is 0.